The molecule has 1 aliphatic rings. The van der Waals surface area contributed by atoms with Crippen LogP contribution in [-0.2, 0) is 6.42 Å². The van der Waals surface area contributed by atoms with Crippen LogP contribution in [0.15, 0.2) is 42.5 Å². The van der Waals surface area contributed by atoms with Gasteiger partial charge in [-0.15, -0.1) is 17.0 Å². The molecule has 1 saturated heterocycles. The molecule has 0 bridgehead atoms. The van der Waals surface area contributed by atoms with E-state index in [0.29, 0.717) is 5.92 Å². The van der Waals surface area contributed by atoms with Crippen LogP contribution in [0.1, 0.15) is 34.8 Å². The van der Waals surface area contributed by atoms with Crippen molar-refractivity contribution < 1.29 is 5.11 Å². The van der Waals surface area contributed by atoms with E-state index in [2.05, 4.69) is 52.2 Å². The molecule has 3 aromatic rings. The van der Waals surface area contributed by atoms with Crippen molar-refractivity contribution in [2.75, 3.05) is 13.1 Å². The smallest absolute Gasteiger partial charge is 0.226 e. The molecular weight excluding hydrogens is 384 g/mol. The highest BCUT2D eigenvalue weighted by Gasteiger charge is 2.23. The molecule has 0 amide bonds. The summed E-state index contributed by atoms with van der Waals surface area (Å²) in [5.41, 5.74) is 2.26. The van der Waals surface area contributed by atoms with E-state index in [1.54, 1.807) is 0 Å². The number of piperidine rings is 1. The molecule has 2 N–H and O–H groups in total. The molecule has 1 fully saturated rings. The molecule has 4 rings (SSSR count). The average Bonchev–Trinajstić information content (AvgIpc) is 2.96. The third kappa shape index (κ3) is 3.48. The Morgan fingerprint density at radius 3 is 2.62 bits per heavy atom. The van der Waals surface area contributed by atoms with Crippen molar-refractivity contribution in [3.05, 3.63) is 58.5 Å². The quantitative estimate of drug-likeness (QED) is 0.668. The van der Waals surface area contributed by atoms with Crippen molar-refractivity contribution in [1.29, 1.82) is 0 Å². The Morgan fingerprint density at radius 1 is 1.08 bits per heavy atom. The average molecular weight is 405 g/mol. The SMILES string of the molecule is Br.Oc1nsc(C2CCNCC2)c1Cc1ccc2ccccc2c1. The third-order valence-corrected chi connectivity index (χ3v) is 5.74. The fourth-order valence-corrected chi connectivity index (χ4v) is 4.39. The van der Waals surface area contributed by atoms with E-state index in [0.717, 1.165) is 37.9 Å². The molecule has 24 heavy (non-hydrogen) atoms. The van der Waals surface area contributed by atoms with E-state index in [1.807, 2.05) is 0 Å². The van der Waals surface area contributed by atoms with Crippen LogP contribution < -0.4 is 5.32 Å². The van der Waals surface area contributed by atoms with Gasteiger partial charge in [0.05, 0.1) is 0 Å². The van der Waals surface area contributed by atoms with Gasteiger partial charge in [-0.3, -0.25) is 0 Å². The Kier molecular flexibility index (Phi) is 5.54. The topological polar surface area (TPSA) is 45.2 Å². The Labute approximate surface area is 156 Å². The van der Waals surface area contributed by atoms with Gasteiger partial charge in [0.1, 0.15) is 0 Å². The lowest BCUT2D eigenvalue weighted by Crippen LogP contribution is -2.26. The van der Waals surface area contributed by atoms with Crippen molar-refractivity contribution in [2.24, 2.45) is 0 Å². The summed E-state index contributed by atoms with van der Waals surface area (Å²) in [5.74, 6) is 0.752. The predicted octanol–water partition coefficient (Wildman–Crippen LogP) is 4.64. The molecule has 2 heterocycles. The number of nitrogens with one attached hydrogen (secondary N) is 1. The highest BCUT2D eigenvalue weighted by molar-refractivity contribution is 8.93. The van der Waals surface area contributed by atoms with Crippen molar-refractivity contribution in [3.63, 3.8) is 0 Å². The van der Waals surface area contributed by atoms with Gasteiger partial charge in [0.25, 0.3) is 0 Å². The van der Waals surface area contributed by atoms with Crippen LogP contribution in [0.4, 0.5) is 0 Å². The Hall–Kier alpha value is -1.43. The van der Waals surface area contributed by atoms with Gasteiger partial charge in [-0.05, 0) is 59.7 Å². The summed E-state index contributed by atoms with van der Waals surface area (Å²) in [6, 6.07) is 14.9. The summed E-state index contributed by atoms with van der Waals surface area (Å²) >= 11 is 1.48. The fraction of sp³-hybridized carbons (Fsp3) is 0.316. The predicted molar refractivity (Wildman–Crippen MR) is 106 cm³/mol. The van der Waals surface area contributed by atoms with Crippen molar-refractivity contribution in [3.8, 4) is 5.88 Å². The van der Waals surface area contributed by atoms with E-state index < -0.39 is 0 Å². The number of fused-ring (bicyclic) bond motifs is 1. The van der Waals surface area contributed by atoms with Crippen LogP contribution in [-0.4, -0.2) is 22.6 Å². The lowest BCUT2D eigenvalue weighted by Gasteiger charge is -2.22. The number of halogens is 1. The number of aromatic hydroxyl groups is 1. The highest BCUT2D eigenvalue weighted by Crippen LogP contribution is 2.37. The van der Waals surface area contributed by atoms with Gasteiger partial charge in [-0.25, -0.2) is 0 Å². The first-order chi connectivity index (χ1) is 11.3. The Bertz CT molecular complexity index is 827. The summed E-state index contributed by atoms with van der Waals surface area (Å²) in [6.07, 6.45) is 3.02. The van der Waals surface area contributed by atoms with Crippen LogP contribution in [0, 0.1) is 0 Å². The maximum Gasteiger partial charge on any atom is 0.226 e. The van der Waals surface area contributed by atoms with E-state index in [9.17, 15) is 5.11 Å². The van der Waals surface area contributed by atoms with Crippen molar-refractivity contribution in [2.45, 2.75) is 25.2 Å². The minimum atomic E-state index is 0. The minimum absolute atomic E-state index is 0. The maximum absolute atomic E-state index is 10.2. The van der Waals surface area contributed by atoms with E-state index >= 15 is 0 Å². The molecule has 1 aromatic heterocycles. The monoisotopic (exact) mass is 404 g/mol. The molecule has 1 aliphatic heterocycles. The summed E-state index contributed by atoms with van der Waals surface area (Å²) in [6.45, 7) is 2.11. The van der Waals surface area contributed by atoms with Crippen LogP contribution in [0.3, 0.4) is 0 Å². The van der Waals surface area contributed by atoms with Gasteiger partial charge in [0.2, 0.25) is 5.88 Å². The fourth-order valence-electron chi connectivity index (χ4n) is 3.44. The first-order valence-electron chi connectivity index (χ1n) is 8.17. The van der Waals surface area contributed by atoms with Crippen molar-refractivity contribution in [1.82, 2.24) is 9.69 Å². The number of benzene rings is 2. The summed E-state index contributed by atoms with van der Waals surface area (Å²) in [5, 5.41) is 16.1. The number of hydrogen-bond acceptors (Lipinski definition) is 4. The number of nitrogens with zero attached hydrogens (tertiary/aromatic N) is 1. The van der Waals surface area contributed by atoms with Gasteiger partial charge in [-0.1, -0.05) is 42.5 Å². The summed E-state index contributed by atoms with van der Waals surface area (Å²) in [4.78, 5) is 1.28. The second-order valence-electron chi connectivity index (χ2n) is 6.23. The van der Waals surface area contributed by atoms with E-state index in [4.69, 9.17) is 0 Å². The molecule has 0 aliphatic carbocycles. The Balaban J connectivity index is 0.00000169. The number of rotatable bonds is 3. The molecule has 0 saturated carbocycles. The molecule has 0 atom stereocenters. The summed E-state index contributed by atoms with van der Waals surface area (Å²) < 4.78 is 4.23. The molecule has 0 spiro atoms. The molecule has 0 radical (unpaired) electrons. The van der Waals surface area contributed by atoms with Gasteiger partial charge in [-0.2, -0.15) is 4.37 Å². The first-order valence-corrected chi connectivity index (χ1v) is 8.94. The minimum Gasteiger partial charge on any atom is -0.492 e. The van der Waals surface area contributed by atoms with Crippen molar-refractivity contribution >= 4 is 39.3 Å². The highest BCUT2D eigenvalue weighted by atomic mass is 79.9. The zero-order valence-electron chi connectivity index (χ0n) is 13.4. The van der Waals surface area contributed by atoms with Crippen LogP contribution >= 0.6 is 28.5 Å². The Morgan fingerprint density at radius 2 is 1.83 bits per heavy atom. The second kappa shape index (κ2) is 7.64. The van der Waals surface area contributed by atoms with Crippen LogP contribution in [0.25, 0.3) is 10.8 Å². The maximum atomic E-state index is 10.2. The molecule has 2 aromatic carbocycles. The lowest BCUT2D eigenvalue weighted by atomic mass is 9.92. The largest absolute Gasteiger partial charge is 0.492 e. The van der Waals surface area contributed by atoms with Gasteiger partial charge in [0.15, 0.2) is 0 Å². The first kappa shape index (κ1) is 17.4. The van der Waals surface area contributed by atoms with Crippen LogP contribution in [0.2, 0.25) is 0 Å². The van der Waals surface area contributed by atoms with Gasteiger partial charge in [0, 0.05) is 16.9 Å². The molecule has 0 unspecified atom stereocenters. The summed E-state index contributed by atoms with van der Waals surface area (Å²) in [7, 11) is 0. The third-order valence-electron chi connectivity index (χ3n) is 4.70. The van der Waals surface area contributed by atoms with Crippen LogP contribution in [0.5, 0.6) is 5.88 Å². The molecule has 126 valence electrons. The zero-order chi connectivity index (χ0) is 15.6. The lowest BCUT2D eigenvalue weighted by molar-refractivity contribution is 0.445. The zero-order valence-corrected chi connectivity index (χ0v) is 15.9. The molecular formula is C19H21BrN2OS. The van der Waals surface area contributed by atoms with Gasteiger partial charge < -0.3 is 10.4 Å². The van der Waals surface area contributed by atoms with E-state index in [-0.39, 0.29) is 22.9 Å². The molecule has 5 heteroatoms. The molecule has 3 nitrogen and oxygen atoms in total. The number of hydrogen-bond donors (Lipinski definition) is 2. The normalized spacial score (nSPS) is 15.3. The second-order valence-corrected chi connectivity index (χ2v) is 7.04. The van der Waals surface area contributed by atoms with Gasteiger partial charge >= 0.3 is 0 Å². The standard InChI is InChI=1S/C19H20N2OS.BrH/c22-19-17(18(23-21-19)15-7-9-20-10-8-15)12-13-5-6-14-3-1-2-4-16(14)11-13;/h1-6,11,15,20H,7-10,12H2,(H,21,22);1H. The number of aromatic nitrogens is 1. The van der Waals surface area contributed by atoms with E-state index in [1.165, 1.54) is 32.7 Å².